The van der Waals surface area contributed by atoms with Crippen LogP contribution >= 0.6 is 0 Å². The van der Waals surface area contributed by atoms with Gasteiger partial charge in [0.15, 0.2) is 34.7 Å². The number of oxime groups is 1. The maximum Gasteiger partial charge on any atom is 0.526 e. The van der Waals surface area contributed by atoms with Crippen molar-refractivity contribution in [1.82, 2.24) is 5.32 Å². The maximum atomic E-state index is 12.1. The molecule has 9 N–H and O–H groups in total. The van der Waals surface area contributed by atoms with Gasteiger partial charge in [0.1, 0.15) is 102 Å². The second-order valence-corrected chi connectivity index (χ2v) is 40.6. The van der Waals surface area contributed by atoms with E-state index in [0.717, 1.165) is 51.6 Å². The van der Waals surface area contributed by atoms with Crippen LogP contribution in [0.3, 0.4) is 0 Å². The molecular formula is C97H123B6N3O32S2. The van der Waals surface area contributed by atoms with Gasteiger partial charge in [0.05, 0.1) is 50.6 Å². The molecule has 0 aliphatic carbocycles. The summed E-state index contributed by atoms with van der Waals surface area (Å²) in [6.07, 6.45) is 9.60. The summed E-state index contributed by atoms with van der Waals surface area (Å²) in [4.78, 5) is 179. The lowest BCUT2D eigenvalue weighted by Gasteiger charge is -2.28. The molecule has 2 amide bonds. The summed E-state index contributed by atoms with van der Waals surface area (Å²) in [7, 11) is -10.1. The molecule has 6 atom stereocenters. The minimum absolute atomic E-state index is 0.0186. The van der Waals surface area contributed by atoms with Crippen LogP contribution in [0.25, 0.3) is 0 Å². The van der Waals surface area contributed by atoms with Crippen LogP contribution in [0.1, 0.15) is 273 Å². The van der Waals surface area contributed by atoms with Crippen LogP contribution in [0.2, 0.25) is 34.9 Å². The number of hydrogen-bond donors (Lipinski definition) is 8. The number of rotatable bonds is 40. The molecule has 43 heteroatoms. The number of para-hydroxylation sites is 6. The van der Waals surface area contributed by atoms with E-state index in [1.54, 1.807) is 85.8 Å². The molecule has 6 aliphatic heterocycles. The van der Waals surface area contributed by atoms with Crippen molar-refractivity contribution in [3.05, 3.63) is 176 Å². The topological polar surface area (TPSA) is 561 Å². The average Bonchev–Trinajstić information content (AvgIpc) is 0.820. The molecule has 0 bridgehead atoms. The summed E-state index contributed by atoms with van der Waals surface area (Å²) >= 11 is 0. The predicted octanol–water partition coefficient (Wildman–Crippen LogP) is 9.81. The molecule has 0 radical (unpaired) electrons. The minimum Gasteiger partial charge on any atom is -0.535 e. The lowest BCUT2D eigenvalue weighted by molar-refractivity contribution is -0.125. The highest BCUT2D eigenvalue weighted by molar-refractivity contribution is 7.90. The number of primary amides is 1. The Bertz CT molecular complexity index is 5710. The Morgan fingerprint density at radius 2 is 0.564 bits per heavy atom. The molecule has 0 spiro atoms. The number of carbonyl (C=O) groups excluding carboxylic acids is 15. The van der Waals surface area contributed by atoms with Crippen LogP contribution in [0.5, 0.6) is 34.5 Å². The third-order valence-electron chi connectivity index (χ3n) is 24.0. The Morgan fingerprint density at radius 1 is 0.336 bits per heavy atom. The molecule has 0 fully saturated rings. The third kappa shape index (κ3) is 36.7. The maximum absolute atomic E-state index is 12.1. The smallest absolute Gasteiger partial charge is 0.526 e. The predicted molar refractivity (Wildman–Crippen MR) is 526 cm³/mol. The number of amides is 2. The second kappa shape index (κ2) is 54.9. The van der Waals surface area contributed by atoms with Gasteiger partial charge in [-0.2, -0.15) is 0 Å². The number of ketones is 13. The number of benzene rings is 6. The number of nitrogens with zero attached hydrogens (tertiary/aromatic N) is 1. The van der Waals surface area contributed by atoms with E-state index in [1.165, 1.54) is 62.6 Å². The monoisotopic (exact) mass is 1970 g/mol. The highest BCUT2D eigenvalue weighted by Gasteiger charge is 2.44. The number of Topliss-reactive ketones (excluding diaryl/α,β-unsaturated/α-hetero) is 13. The number of hydrogen-bond acceptors (Lipinski definition) is 33. The van der Waals surface area contributed by atoms with E-state index < -0.39 is 79.9 Å². The zero-order chi connectivity index (χ0) is 104. The highest BCUT2D eigenvalue weighted by Crippen LogP contribution is 2.44. The Hall–Kier alpha value is -11.7. The van der Waals surface area contributed by atoms with Crippen LogP contribution in [0.4, 0.5) is 0 Å². The summed E-state index contributed by atoms with van der Waals surface area (Å²) in [5, 5.41) is 67.1. The van der Waals surface area contributed by atoms with E-state index in [4.69, 9.17) is 33.7 Å². The van der Waals surface area contributed by atoms with Gasteiger partial charge in [0.2, 0.25) is 11.8 Å². The SMILES string of the molecule is CC(=O)CCCC(=O)C[C@H]1Cc2cccc(C(C)=O)c2OB1O.CC(=O)c1cccc2c1OB(O)[C@@H](CC(=O)CCCC(N)=O)C2.CC(=O)c1cccc2c1OB(O)[C@@H](CC(=O)CCCS(C)(=O)=O)C2.CC(=O)c1cccc2c1OB(O)[C@@H](CC(=O)CCS(C)(=O)=O)C2.CNC(=O)CCC(=O)C[C@H]1Cc2cccc(C(C)=O)c2OB1O.CON=C(C)CCC(=O)C[C@H]1Cc2cccc(C(C)=O)c2OB1O. The van der Waals surface area contributed by atoms with E-state index in [2.05, 4.69) is 15.3 Å². The van der Waals surface area contributed by atoms with Gasteiger partial charge < -0.3 is 78.8 Å². The molecule has 6 heterocycles. The molecule has 0 unspecified atom stereocenters. The molecule has 12 rings (SSSR count). The van der Waals surface area contributed by atoms with Gasteiger partial charge in [0, 0.05) is 151 Å². The summed E-state index contributed by atoms with van der Waals surface area (Å²) in [5.74, 6) is -1.72. The third-order valence-corrected chi connectivity index (χ3v) is 26.0. The summed E-state index contributed by atoms with van der Waals surface area (Å²) in [6.45, 7) is 12.0. The lowest BCUT2D eigenvalue weighted by Crippen LogP contribution is -2.35. The van der Waals surface area contributed by atoms with Crippen molar-refractivity contribution in [2.24, 2.45) is 10.9 Å². The van der Waals surface area contributed by atoms with E-state index in [-0.39, 0.29) is 199 Å². The quantitative estimate of drug-likeness (QED) is 0.00767. The number of sulfone groups is 2. The summed E-state index contributed by atoms with van der Waals surface area (Å²) in [6, 6.07) is 31.5. The van der Waals surface area contributed by atoms with Gasteiger partial charge in [-0.1, -0.05) is 78.0 Å². The molecule has 35 nitrogen and oxygen atoms in total. The van der Waals surface area contributed by atoms with Crippen LogP contribution in [0, 0.1) is 0 Å². The Labute approximate surface area is 817 Å². The van der Waals surface area contributed by atoms with Crippen molar-refractivity contribution in [1.29, 1.82) is 0 Å². The molecule has 6 aromatic carbocycles. The van der Waals surface area contributed by atoms with Crippen LogP contribution in [-0.2, 0) is 106 Å². The summed E-state index contributed by atoms with van der Waals surface area (Å²) < 4.78 is 77.3. The molecule has 0 saturated carbocycles. The van der Waals surface area contributed by atoms with Crippen LogP contribution in [0.15, 0.2) is 114 Å². The van der Waals surface area contributed by atoms with Crippen molar-refractivity contribution < 1.29 is 152 Å². The Balaban J connectivity index is 0.000000228. The molecule has 0 aromatic heterocycles. The van der Waals surface area contributed by atoms with Crippen molar-refractivity contribution in [3.63, 3.8) is 0 Å². The Kier molecular flexibility index (Phi) is 45.2. The fraction of sp³-hybridized carbons (Fsp3) is 0.464. The largest absolute Gasteiger partial charge is 0.535 e. The van der Waals surface area contributed by atoms with Crippen molar-refractivity contribution in [2.45, 2.75) is 251 Å². The van der Waals surface area contributed by atoms with Gasteiger partial charge in [-0.05, 0) is 189 Å². The number of carbonyl (C=O) groups is 15. The number of fused-ring (bicyclic) bond motifs is 6. The summed E-state index contributed by atoms with van der Waals surface area (Å²) in [5.41, 5.74) is 13.3. The van der Waals surface area contributed by atoms with Crippen molar-refractivity contribution >= 4 is 155 Å². The standard InChI is InChI=1S/C17H22BNO5.C17H21BO5.2C16H20BNO5.C16H21BO6S.C15H19BO6S/c1-11(19-23-3)7-8-15(21)10-14-9-13-5-4-6-16(12(2)20)17(13)24-18(14)22;1-11(19)5-3-7-15(21)10-14-9-13-6-4-8-16(12(2)20)17(13)23-18(14)22;1-10(19)14-5-3-4-11-8-12(17(22)23-16(11)14)9-13(20)6-7-15(21)18-2;1-10(19)14-6-2-4-11-8-12(17(22)23-16(11)14)9-13(20)5-3-7-15(18)21;1-11(18)15-7-3-5-12-9-13(17(20)23-16(12)15)10-14(19)6-4-8-24(2,21)22;1-10(17)14-5-3-4-11-8-12(16(19)22-15(11)14)9-13(18)6-7-23(2,20)21/h4-6,14,22H,7-10H2,1-3H3;4,6,8,14,22H,3,5,7,9-10H2,1-2H3;3-5,12,22H,6-9H2,1-2H3,(H,18,21);2,4,6,12,22H,3,5,7-9H2,1H3,(H2,18,21);3,5,7,13,20H,4,6,8-10H2,1-2H3;3-5,12,19H,6-9H2,1-2H3/t2*14-;2*12-;13-;12-/m111111/s1. The molecule has 0 saturated heterocycles. The average molecular weight is 1970 g/mol. The fourth-order valence-corrected chi connectivity index (χ4v) is 18.0. The lowest BCUT2D eigenvalue weighted by atomic mass is 9.64. The first-order valence-electron chi connectivity index (χ1n) is 46.3. The van der Waals surface area contributed by atoms with E-state index in [1.807, 2.05) is 30.3 Å². The molecule has 6 aromatic rings. The minimum atomic E-state index is -3.19. The first-order valence-corrected chi connectivity index (χ1v) is 50.4. The van der Waals surface area contributed by atoms with Gasteiger partial charge in [0.25, 0.3) is 0 Å². The van der Waals surface area contributed by atoms with Gasteiger partial charge in [-0.15, -0.1) is 0 Å². The van der Waals surface area contributed by atoms with E-state index >= 15 is 0 Å². The molecule has 748 valence electrons. The van der Waals surface area contributed by atoms with Gasteiger partial charge in [-0.25, -0.2) is 16.8 Å². The van der Waals surface area contributed by atoms with Crippen LogP contribution in [-0.4, -0.2) is 221 Å². The molecule has 6 aliphatic rings. The van der Waals surface area contributed by atoms with Gasteiger partial charge >= 0.3 is 42.7 Å². The highest BCUT2D eigenvalue weighted by atomic mass is 32.2. The van der Waals surface area contributed by atoms with Crippen molar-refractivity contribution in [2.75, 3.05) is 38.2 Å². The van der Waals surface area contributed by atoms with Crippen LogP contribution < -0.4 is 39.0 Å². The number of nitrogens with one attached hydrogen (secondary N) is 1. The molecular weight excluding hydrogens is 1850 g/mol. The first-order chi connectivity index (χ1) is 65.9. The normalized spacial score (nSPS) is 16.8. The number of nitrogens with two attached hydrogens (primary N) is 1. The zero-order valence-electron chi connectivity index (χ0n) is 81.1. The first kappa shape index (κ1) is 115. The van der Waals surface area contributed by atoms with E-state index in [0.29, 0.717) is 145 Å². The Morgan fingerprint density at radius 3 is 0.786 bits per heavy atom. The second-order valence-electron chi connectivity index (χ2n) is 36.1. The van der Waals surface area contributed by atoms with Crippen molar-refractivity contribution in [3.8, 4) is 34.5 Å². The van der Waals surface area contributed by atoms with Gasteiger partial charge in [-0.3, -0.25) is 67.1 Å². The molecule has 140 heavy (non-hydrogen) atoms. The zero-order valence-corrected chi connectivity index (χ0v) is 82.7. The van der Waals surface area contributed by atoms with E-state index in [9.17, 15) is 119 Å². The fourth-order valence-electron chi connectivity index (χ4n) is 16.7.